The third-order valence-electron chi connectivity index (χ3n) is 5.27. The molecule has 1 aromatic heterocycles. The van der Waals surface area contributed by atoms with Gasteiger partial charge < -0.3 is 19.4 Å². The molecule has 6 nitrogen and oxygen atoms in total. The lowest BCUT2D eigenvalue weighted by Crippen LogP contribution is -2.21. The predicted molar refractivity (Wildman–Crippen MR) is 122 cm³/mol. The zero-order chi connectivity index (χ0) is 22.0. The number of para-hydroxylation sites is 2. The smallest absolute Gasteiger partial charge is 0.256 e. The Morgan fingerprint density at radius 2 is 1.55 bits per heavy atom. The third-order valence-corrected chi connectivity index (χ3v) is 5.27. The van der Waals surface area contributed by atoms with Gasteiger partial charge in [-0.15, -0.1) is 0 Å². The summed E-state index contributed by atoms with van der Waals surface area (Å²) in [7, 11) is 4.95. The molecule has 0 saturated heterocycles. The van der Waals surface area contributed by atoms with Gasteiger partial charge in [0.05, 0.1) is 25.3 Å². The molecule has 4 aromatic rings. The van der Waals surface area contributed by atoms with Crippen molar-refractivity contribution in [3.05, 3.63) is 88.6 Å². The number of amides is 1. The van der Waals surface area contributed by atoms with E-state index < -0.39 is 0 Å². The molecule has 1 heterocycles. The summed E-state index contributed by atoms with van der Waals surface area (Å²) in [6.07, 6.45) is 0. The molecule has 0 bridgehead atoms. The molecular formula is C25H22N2O4. The van der Waals surface area contributed by atoms with Crippen LogP contribution in [0.1, 0.15) is 10.4 Å². The second kappa shape index (κ2) is 8.36. The van der Waals surface area contributed by atoms with Crippen LogP contribution in [0.25, 0.3) is 22.0 Å². The van der Waals surface area contributed by atoms with E-state index in [1.165, 1.54) is 0 Å². The van der Waals surface area contributed by atoms with Gasteiger partial charge in [-0.1, -0.05) is 30.3 Å². The van der Waals surface area contributed by atoms with Crippen LogP contribution >= 0.6 is 0 Å². The average molecular weight is 414 g/mol. The van der Waals surface area contributed by atoms with Crippen LogP contribution in [0, 0.1) is 0 Å². The molecule has 4 rings (SSSR count). The summed E-state index contributed by atoms with van der Waals surface area (Å²) in [6.45, 7) is 0. The fraction of sp³-hybridized carbons (Fsp3) is 0.120. The van der Waals surface area contributed by atoms with Gasteiger partial charge in [-0.2, -0.15) is 0 Å². The minimum Gasteiger partial charge on any atom is -0.497 e. The highest BCUT2D eigenvalue weighted by Gasteiger charge is 2.21. The van der Waals surface area contributed by atoms with Gasteiger partial charge in [0.1, 0.15) is 17.3 Å². The van der Waals surface area contributed by atoms with Crippen LogP contribution in [0.3, 0.4) is 0 Å². The Balaban J connectivity index is 1.93. The number of anilines is 1. The maximum Gasteiger partial charge on any atom is 0.256 e. The maximum absolute atomic E-state index is 13.5. The molecule has 1 N–H and O–H groups in total. The van der Waals surface area contributed by atoms with Crippen LogP contribution in [-0.4, -0.2) is 24.7 Å². The van der Waals surface area contributed by atoms with E-state index in [1.807, 2.05) is 48.0 Å². The molecule has 0 aliphatic rings. The van der Waals surface area contributed by atoms with E-state index in [0.717, 1.165) is 5.52 Å². The van der Waals surface area contributed by atoms with E-state index in [0.29, 0.717) is 39.4 Å². The first kappa shape index (κ1) is 20.2. The lowest BCUT2D eigenvalue weighted by atomic mass is 10.0. The fourth-order valence-electron chi connectivity index (χ4n) is 3.66. The van der Waals surface area contributed by atoms with Crippen LogP contribution in [0.15, 0.2) is 77.6 Å². The Hall–Kier alpha value is -4.06. The summed E-state index contributed by atoms with van der Waals surface area (Å²) in [5, 5.41) is 3.51. The van der Waals surface area contributed by atoms with Crippen molar-refractivity contribution in [3.8, 4) is 22.6 Å². The van der Waals surface area contributed by atoms with Crippen molar-refractivity contribution >= 4 is 22.6 Å². The van der Waals surface area contributed by atoms with E-state index in [2.05, 4.69) is 5.32 Å². The zero-order valence-electron chi connectivity index (χ0n) is 17.5. The van der Waals surface area contributed by atoms with Gasteiger partial charge in [0.25, 0.3) is 5.91 Å². The first-order chi connectivity index (χ1) is 15.0. The first-order valence-electron chi connectivity index (χ1n) is 9.75. The third kappa shape index (κ3) is 3.64. The van der Waals surface area contributed by atoms with Crippen LogP contribution in [0.4, 0.5) is 5.82 Å². The Kier molecular flexibility index (Phi) is 5.45. The van der Waals surface area contributed by atoms with E-state index in [1.54, 1.807) is 50.6 Å². The number of nitrogens with zero attached hydrogens (tertiary/aromatic N) is 1. The van der Waals surface area contributed by atoms with Crippen LogP contribution in [-0.2, 0) is 7.05 Å². The summed E-state index contributed by atoms with van der Waals surface area (Å²) < 4.78 is 12.5. The van der Waals surface area contributed by atoms with Crippen molar-refractivity contribution in [2.75, 3.05) is 19.5 Å². The Morgan fingerprint density at radius 1 is 0.871 bits per heavy atom. The molecule has 0 unspecified atom stereocenters. The number of carbonyl (C=O) groups is 1. The number of hydrogen-bond donors (Lipinski definition) is 1. The molecule has 0 spiro atoms. The van der Waals surface area contributed by atoms with Crippen LogP contribution in [0.5, 0.6) is 11.5 Å². The number of ether oxygens (including phenoxy) is 2. The van der Waals surface area contributed by atoms with Crippen molar-refractivity contribution in [2.24, 2.45) is 7.05 Å². The standard InChI is InChI=1S/C25H22N2O4/c1-27-20-10-6-4-8-18(20)23(28)22(19-9-5-7-11-21(19)31-3)24(27)26-25(29)16-12-14-17(30-2)15-13-16/h4-15H,1-3H3,(H,26,29). The van der Waals surface area contributed by atoms with Gasteiger partial charge in [0.2, 0.25) is 0 Å². The van der Waals surface area contributed by atoms with Crippen molar-refractivity contribution in [1.82, 2.24) is 4.57 Å². The second-order valence-corrected chi connectivity index (χ2v) is 7.01. The van der Waals surface area contributed by atoms with Gasteiger partial charge in [-0.05, 0) is 42.5 Å². The minimum absolute atomic E-state index is 0.178. The van der Waals surface area contributed by atoms with Crippen molar-refractivity contribution in [3.63, 3.8) is 0 Å². The number of fused-ring (bicyclic) bond motifs is 1. The lowest BCUT2D eigenvalue weighted by molar-refractivity contribution is 0.102. The van der Waals surface area contributed by atoms with Crippen LogP contribution < -0.4 is 20.2 Å². The van der Waals surface area contributed by atoms with E-state index in [4.69, 9.17) is 9.47 Å². The molecule has 1 amide bonds. The number of aryl methyl sites for hydroxylation is 1. The van der Waals surface area contributed by atoms with Gasteiger partial charge in [0, 0.05) is 23.6 Å². The minimum atomic E-state index is -0.330. The number of pyridine rings is 1. The molecule has 0 fully saturated rings. The molecule has 0 aliphatic heterocycles. The normalized spacial score (nSPS) is 10.7. The van der Waals surface area contributed by atoms with Gasteiger partial charge in [-0.3, -0.25) is 9.59 Å². The highest BCUT2D eigenvalue weighted by Crippen LogP contribution is 2.34. The molecule has 156 valence electrons. The number of rotatable bonds is 5. The topological polar surface area (TPSA) is 69.6 Å². The monoisotopic (exact) mass is 414 g/mol. The number of carbonyl (C=O) groups excluding carboxylic acids is 1. The zero-order valence-corrected chi connectivity index (χ0v) is 17.5. The quantitative estimate of drug-likeness (QED) is 0.523. The summed E-state index contributed by atoms with van der Waals surface area (Å²) in [5.41, 5.74) is 1.98. The van der Waals surface area contributed by atoms with E-state index >= 15 is 0 Å². The summed E-state index contributed by atoms with van der Waals surface area (Å²) in [6, 6.07) is 21.4. The van der Waals surface area contributed by atoms with Gasteiger partial charge in [0.15, 0.2) is 5.43 Å². The Bertz CT molecular complexity index is 1320. The number of nitrogens with one attached hydrogen (secondary N) is 1. The molecule has 0 saturated carbocycles. The predicted octanol–water partition coefficient (Wildman–Crippen LogP) is 4.48. The second-order valence-electron chi connectivity index (χ2n) is 7.01. The Morgan fingerprint density at radius 3 is 2.26 bits per heavy atom. The molecule has 31 heavy (non-hydrogen) atoms. The van der Waals surface area contributed by atoms with Crippen molar-refractivity contribution in [2.45, 2.75) is 0 Å². The summed E-state index contributed by atoms with van der Waals surface area (Å²) in [5.74, 6) is 1.28. The summed E-state index contributed by atoms with van der Waals surface area (Å²) in [4.78, 5) is 26.6. The first-order valence-corrected chi connectivity index (χ1v) is 9.75. The molecule has 3 aromatic carbocycles. The van der Waals surface area contributed by atoms with E-state index in [9.17, 15) is 9.59 Å². The van der Waals surface area contributed by atoms with Crippen molar-refractivity contribution < 1.29 is 14.3 Å². The molecule has 0 radical (unpaired) electrons. The van der Waals surface area contributed by atoms with Gasteiger partial charge in [-0.25, -0.2) is 0 Å². The summed E-state index contributed by atoms with van der Waals surface area (Å²) >= 11 is 0. The maximum atomic E-state index is 13.5. The van der Waals surface area contributed by atoms with E-state index in [-0.39, 0.29) is 11.3 Å². The van der Waals surface area contributed by atoms with Crippen LogP contribution in [0.2, 0.25) is 0 Å². The van der Waals surface area contributed by atoms with Crippen molar-refractivity contribution in [1.29, 1.82) is 0 Å². The Labute approximate surface area is 179 Å². The SMILES string of the molecule is COc1ccc(C(=O)Nc2c(-c3ccccc3OC)c(=O)c3ccccc3n2C)cc1. The molecule has 0 atom stereocenters. The number of hydrogen-bond acceptors (Lipinski definition) is 4. The molecule has 0 aliphatic carbocycles. The number of benzene rings is 3. The average Bonchev–Trinajstić information content (AvgIpc) is 2.82. The molecular weight excluding hydrogens is 392 g/mol. The number of aromatic nitrogens is 1. The highest BCUT2D eigenvalue weighted by molar-refractivity contribution is 6.07. The fourth-order valence-corrected chi connectivity index (χ4v) is 3.66. The lowest BCUT2D eigenvalue weighted by Gasteiger charge is -2.19. The largest absolute Gasteiger partial charge is 0.497 e. The molecule has 6 heteroatoms. The highest BCUT2D eigenvalue weighted by atomic mass is 16.5. The number of methoxy groups -OCH3 is 2. The van der Waals surface area contributed by atoms with Gasteiger partial charge >= 0.3 is 0 Å².